The van der Waals surface area contributed by atoms with E-state index in [2.05, 4.69) is 5.32 Å². The summed E-state index contributed by atoms with van der Waals surface area (Å²) in [7, 11) is 7.40. The van der Waals surface area contributed by atoms with Gasteiger partial charge in [-0.25, -0.2) is 9.59 Å². The molecule has 10 nitrogen and oxygen atoms in total. The Morgan fingerprint density at radius 2 is 1.63 bits per heavy atom. The van der Waals surface area contributed by atoms with Gasteiger partial charge in [-0.15, -0.1) is 0 Å². The molecule has 3 heterocycles. The van der Waals surface area contributed by atoms with Crippen LogP contribution in [0.5, 0.6) is 17.2 Å². The number of aromatic nitrogens is 2. The number of carbonyl (C=O) groups is 1. The first kappa shape index (κ1) is 19.6. The fourth-order valence-corrected chi connectivity index (χ4v) is 3.98. The van der Waals surface area contributed by atoms with Gasteiger partial charge in [0.2, 0.25) is 5.75 Å². The van der Waals surface area contributed by atoms with Gasteiger partial charge in [-0.2, -0.15) is 0 Å². The average molecular weight is 415 g/mol. The molecule has 2 aromatic rings. The number of carbonyl (C=O) groups excluding carboxylic acids is 1. The molecule has 0 aliphatic carbocycles. The van der Waals surface area contributed by atoms with Gasteiger partial charge in [0.15, 0.2) is 11.5 Å². The highest BCUT2D eigenvalue weighted by Gasteiger charge is 2.42. The highest BCUT2D eigenvalue weighted by atomic mass is 16.5. The number of fused-ring (bicyclic) bond motifs is 1. The number of rotatable bonds is 4. The van der Waals surface area contributed by atoms with Gasteiger partial charge < -0.3 is 24.3 Å². The van der Waals surface area contributed by atoms with E-state index in [-0.39, 0.29) is 12.2 Å². The second-order valence-corrected chi connectivity index (χ2v) is 6.95. The molecule has 158 valence electrons. The van der Waals surface area contributed by atoms with Crippen molar-refractivity contribution in [3.8, 4) is 17.2 Å². The van der Waals surface area contributed by atoms with E-state index in [9.17, 15) is 14.4 Å². The van der Waals surface area contributed by atoms with Crippen LogP contribution in [0.2, 0.25) is 0 Å². The molecular formula is C20H21N3O7. The minimum absolute atomic E-state index is 0.0257. The summed E-state index contributed by atoms with van der Waals surface area (Å²) in [5, 5.41) is 3.04. The smallest absolute Gasteiger partial charge is 0.337 e. The Balaban J connectivity index is 2.08. The molecule has 0 saturated carbocycles. The maximum atomic E-state index is 13.1. The molecule has 0 bridgehead atoms. The van der Waals surface area contributed by atoms with Gasteiger partial charge in [-0.3, -0.25) is 13.9 Å². The Kier molecular flexibility index (Phi) is 4.56. The number of nitrogens with zero attached hydrogens (tertiary/aromatic N) is 2. The summed E-state index contributed by atoms with van der Waals surface area (Å²) >= 11 is 0. The minimum atomic E-state index is -0.787. The van der Waals surface area contributed by atoms with E-state index in [1.807, 2.05) is 0 Å². The molecule has 0 fully saturated rings. The van der Waals surface area contributed by atoms with Crippen molar-refractivity contribution in [2.75, 3.05) is 33.3 Å². The Hall–Kier alpha value is -3.69. The highest BCUT2D eigenvalue weighted by molar-refractivity contribution is 5.97. The molecule has 0 amide bonds. The van der Waals surface area contributed by atoms with E-state index in [1.165, 1.54) is 32.9 Å². The highest BCUT2D eigenvalue weighted by Crippen LogP contribution is 2.47. The second-order valence-electron chi connectivity index (χ2n) is 6.95. The maximum Gasteiger partial charge on any atom is 0.337 e. The topological polar surface area (TPSA) is 110 Å². The molecule has 1 N–H and O–H groups in total. The SMILES string of the molecule is COc1cc([C@H]2C3=C(COC3=O)Nc3c2c(=O)n(C)c(=O)n3C)cc(OC)c1OC. The van der Waals surface area contributed by atoms with Crippen molar-refractivity contribution in [1.29, 1.82) is 0 Å². The first-order chi connectivity index (χ1) is 14.3. The van der Waals surface area contributed by atoms with Gasteiger partial charge in [-0.1, -0.05) is 0 Å². The fraction of sp³-hybridized carbons (Fsp3) is 0.350. The molecule has 0 saturated heterocycles. The van der Waals surface area contributed by atoms with Gasteiger partial charge in [0.05, 0.1) is 44.1 Å². The van der Waals surface area contributed by atoms with Gasteiger partial charge in [-0.05, 0) is 17.7 Å². The number of hydrogen-bond acceptors (Lipinski definition) is 8. The van der Waals surface area contributed by atoms with Crippen LogP contribution in [0.4, 0.5) is 5.82 Å². The first-order valence-corrected chi connectivity index (χ1v) is 9.11. The summed E-state index contributed by atoms with van der Waals surface area (Å²) in [5.41, 5.74) is 0.651. The van der Waals surface area contributed by atoms with Gasteiger partial charge >= 0.3 is 11.7 Å². The van der Waals surface area contributed by atoms with Crippen LogP contribution >= 0.6 is 0 Å². The lowest BCUT2D eigenvalue weighted by atomic mass is 9.82. The van der Waals surface area contributed by atoms with E-state index in [0.29, 0.717) is 39.9 Å². The van der Waals surface area contributed by atoms with Crippen LogP contribution in [0.25, 0.3) is 0 Å². The minimum Gasteiger partial charge on any atom is -0.493 e. The predicted octanol–water partition coefficient (Wildman–Crippen LogP) is 0.478. The number of anilines is 1. The van der Waals surface area contributed by atoms with Crippen LogP contribution in [-0.4, -0.2) is 43.0 Å². The lowest BCUT2D eigenvalue weighted by Gasteiger charge is -2.28. The zero-order valence-electron chi connectivity index (χ0n) is 17.2. The second kappa shape index (κ2) is 6.97. The monoisotopic (exact) mass is 415 g/mol. The zero-order chi connectivity index (χ0) is 21.7. The van der Waals surface area contributed by atoms with Crippen molar-refractivity contribution in [3.63, 3.8) is 0 Å². The van der Waals surface area contributed by atoms with Crippen LogP contribution in [-0.2, 0) is 23.6 Å². The number of methoxy groups -OCH3 is 3. The molecule has 10 heteroatoms. The van der Waals surface area contributed by atoms with E-state index in [1.54, 1.807) is 19.2 Å². The number of ether oxygens (including phenoxy) is 4. The summed E-state index contributed by atoms with van der Waals surface area (Å²) in [4.78, 5) is 38.2. The average Bonchev–Trinajstić information content (AvgIpc) is 3.14. The third-order valence-electron chi connectivity index (χ3n) is 5.46. The standard InChI is InChI=1S/C20H21N3O7/c1-22-17-15(18(24)23(2)20(22)26)13(14-10(21-17)8-30-19(14)25)9-6-11(27-3)16(29-5)12(7-9)28-4/h6-7,13,21H,8H2,1-5H3/t13-/m0/s1. The summed E-state index contributed by atoms with van der Waals surface area (Å²) in [6.45, 7) is 0.0257. The van der Waals surface area contributed by atoms with E-state index < -0.39 is 23.1 Å². The number of nitrogens with one attached hydrogen (secondary N) is 1. The van der Waals surface area contributed by atoms with Crippen LogP contribution in [0.1, 0.15) is 17.0 Å². The normalized spacial score (nSPS) is 17.1. The van der Waals surface area contributed by atoms with Crippen molar-refractivity contribution in [2.45, 2.75) is 5.92 Å². The van der Waals surface area contributed by atoms with Crippen molar-refractivity contribution in [1.82, 2.24) is 9.13 Å². The lowest BCUT2D eigenvalue weighted by molar-refractivity contribution is -0.136. The van der Waals surface area contributed by atoms with Gasteiger partial charge in [0, 0.05) is 14.1 Å². The number of esters is 1. The Labute approximate surface area is 171 Å². The summed E-state index contributed by atoms with van der Waals surface area (Å²) in [6, 6.07) is 3.36. The van der Waals surface area contributed by atoms with Crippen molar-refractivity contribution in [2.24, 2.45) is 14.1 Å². The molecule has 0 unspecified atom stereocenters. The maximum absolute atomic E-state index is 13.1. The van der Waals surface area contributed by atoms with E-state index in [0.717, 1.165) is 4.57 Å². The molecule has 2 aliphatic heterocycles. The lowest BCUT2D eigenvalue weighted by Crippen LogP contribution is -2.43. The summed E-state index contributed by atoms with van der Waals surface area (Å²) in [6.07, 6.45) is 0. The van der Waals surface area contributed by atoms with Crippen molar-refractivity contribution >= 4 is 11.8 Å². The number of cyclic esters (lactones) is 1. The molecule has 1 aromatic heterocycles. The first-order valence-electron chi connectivity index (χ1n) is 9.11. The Morgan fingerprint density at radius 1 is 1.00 bits per heavy atom. The zero-order valence-corrected chi connectivity index (χ0v) is 17.2. The molecular weight excluding hydrogens is 394 g/mol. The van der Waals surface area contributed by atoms with Crippen molar-refractivity contribution in [3.05, 3.63) is 55.4 Å². The molecule has 1 atom stereocenters. The third-order valence-corrected chi connectivity index (χ3v) is 5.46. The largest absolute Gasteiger partial charge is 0.493 e. The van der Waals surface area contributed by atoms with E-state index >= 15 is 0 Å². The van der Waals surface area contributed by atoms with Crippen LogP contribution in [0, 0.1) is 0 Å². The summed E-state index contributed by atoms with van der Waals surface area (Å²) in [5.74, 6) is 0.140. The van der Waals surface area contributed by atoms with Crippen molar-refractivity contribution < 1.29 is 23.7 Å². The molecule has 0 radical (unpaired) electrons. The van der Waals surface area contributed by atoms with Crippen LogP contribution in [0.3, 0.4) is 0 Å². The Morgan fingerprint density at radius 3 is 2.20 bits per heavy atom. The molecule has 0 spiro atoms. The number of benzene rings is 1. The third kappa shape index (κ3) is 2.60. The quantitative estimate of drug-likeness (QED) is 0.718. The van der Waals surface area contributed by atoms with Gasteiger partial charge in [0.25, 0.3) is 5.56 Å². The molecule has 1 aromatic carbocycles. The Bertz CT molecular complexity index is 1200. The van der Waals surface area contributed by atoms with Crippen LogP contribution in [0.15, 0.2) is 33.0 Å². The number of hydrogen-bond donors (Lipinski definition) is 1. The van der Waals surface area contributed by atoms with Gasteiger partial charge in [0.1, 0.15) is 12.4 Å². The predicted molar refractivity (Wildman–Crippen MR) is 106 cm³/mol. The molecule has 4 rings (SSSR count). The summed E-state index contributed by atoms with van der Waals surface area (Å²) < 4.78 is 23.8. The molecule has 30 heavy (non-hydrogen) atoms. The van der Waals surface area contributed by atoms with Crippen LogP contribution < -0.4 is 30.8 Å². The van der Waals surface area contributed by atoms with E-state index in [4.69, 9.17) is 18.9 Å². The fourth-order valence-electron chi connectivity index (χ4n) is 3.98. The molecule has 2 aliphatic rings.